The van der Waals surface area contributed by atoms with E-state index >= 15 is 0 Å². The molecule has 0 aliphatic carbocycles. The lowest BCUT2D eigenvalue weighted by atomic mass is 10.0. The van der Waals surface area contributed by atoms with E-state index in [2.05, 4.69) is 10.3 Å². The van der Waals surface area contributed by atoms with Crippen molar-refractivity contribution < 1.29 is 9.53 Å². The number of pyridine rings is 1. The predicted octanol–water partition coefficient (Wildman–Crippen LogP) is 5.79. The highest BCUT2D eigenvalue weighted by Crippen LogP contribution is 2.28. The minimum Gasteiger partial charge on any atom is -0.439 e. The summed E-state index contributed by atoms with van der Waals surface area (Å²) in [6, 6.07) is 30.2. The molecule has 0 aliphatic rings. The molecule has 0 unspecified atom stereocenters. The van der Waals surface area contributed by atoms with Gasteiger partial charge in [-0.15, -0.1) is 0 Å². The van der Waals surface area contributed by atoms with Crippen molar-refractivity contribution in [1.29, 1.82) is 0 Å². The average Bonchev–Trinajstić information content (AvgIpc) is 2.76. The molecule has 0 saturated carbocycles. The number of carbonyl (C=O) groups excluding carboxylic acids is 1. The van der Waals surface area contributed by atoms with Crippen LogP contribution < -0.4 is 10.1 Å². The summed E-state index contributed by atoms with van der Waals surface area (Å²) in [5, 5.41) is 3.01. The predicted molar refractivity (Wildman–Crippen MR) is 111 cm³/mol. The van der Waals surface area contributed by atoms with Crippen LogP contribution in [0.4, 0.5) is 5.69 Å². The van der Waals surface area contributed by atoms with Gasteiger partial charge in [-0.3, -0.25) is 4.79 Å². The Kier molecular flexibility index (Phi) is 5.11. The van der Waals surface area contributed by atoms with Gasteiger partial charge in [0.05, 0.1) is 0 Å². The van der Waals surface area contributed by atoms with Crippen molar-refractivity contribution >= 4 is 11.6 Å². The number of carbonyl (C=O) groups is 1. The topological polar surface area (TPSA) is 51.2 Å². The van der Waals surface area contributed by atoms with Crippen LogP contribution in [0.15, 0.2) is 103 Å². The number of nitrogens with zero attached hydrogens (tertiary/aromatic N) is 1. The second-order valence-electron chi connectivity index (χ2n) is 6.16. The first-order valence-corrected chi connectivity index (χ1v) is 8.94. The zero-order valence-corrected chi connectivity index (χ0v) is 15.1. The van der Waals surface area contributed by atoms with Crippen LogP contribution in [-0.4, -0.2) is 10.9 Å². The molecule has 0 radical (unpaired) electrons. The highest BCUT2D eigenvalue weighted by Gasteiger charge is 2.11. The number of ether oxygens (including phenoxy) is 1. The lowest BCUT2D eigenvalue weighted by Gasteiger charge is -2.12. The standard InChI is InChI=1S/C24H18N2O2/c27-24(19-11-8-12-20(17-19)28-23-15-6-7-16-25-23)26-22-14-5-4-13-21(22)18-9-2-1-3-10-18/h1-17H,(H,26,27). The number of rotatable bonds is 5. The van der Waals surface area contributed by atoms with Gasteiger partial charge in [0.1, 0.15) is 5.75 Å². The fourth-order valence-corrected chi connectivity index (χ4v) is 2.89. The highest BCUT2D eigenvalue weighted by atomic mass is 16.5. The molecule has 3 aromatic carbocycles. The quantitative estimate of drug-likeness (QED) is 0.486. The van der Waals surface area contributed by atoms with Crippen molar-refractivity contribution in [2.24, 2.45) is 0 Å². The summed E-state index contributed by atoms with van der Waals surface area (Å²) in [7, 11) is 0. The molecule has 1 amide bonds. The zero-order valence-electron chi connectivity index (χ0n) is 15.1. The van der Waals surface area contributed by atoms with E-state index in [0.717, 1.165) is 16.8 Å². The summed E-state index contributed by atoms with van der Waals surface area (Å²) in [5.74, 6) is 0.840. The van der Waals surface area contributed by atoms with E-state index in [1.807, 2.05) is 66.7 Å². The number of hydrogen-bond donors (Lipinski definition) is 1. The SMILES string of the molecule is O=C(Nc1ccccc1-c1ccccc1)c1cccc(Oc2ccccn2)c1. The molecule has 0 saturated heterocycles. The normalized spacial score (nSPS) is 10.3. The van der Waals surface area contributed by atoms with E-state index in [9.17, 15) is 4.79 Å². The van der Waals surface area contributed by atoms with Gasteiger partial charge in [-0.1, -0.05) is 60.7 Å². The number of amides is 1. The Bertz CT molecular complexity index is 1080. The molecule has 4 aromatic rings. The van der Waals surface area contributed by atoms with Crippen molar-refractivity contribution in [2.45, 2.75) is 0 Å². The molecule has 4 nitrogen and oxygen atoms in total. The fraction of sp³-hybridized carbons (Fsp3) is 0. The fourth-order valence-electron chi connectivity index (χ4n) is 2.89. The van der Waals surface area contributed by atoms with Gasteiger partial charge in [-0.05, 0) is 35.9 Å². The van der Waals surface area contributed by atoms with Crippen LogP contribution in [0.2, 0.25) is 0 Å². The highest BCUT2D eigenvalue weighted by molar-refractivity contribution is 6.06. The molecule has 0 fully saturated rings. The van der Waals surface area contributed by atoms with E-state index in [0.29, 0.717) is 17.2 Å². The average molecular weight is 366 g/mol. The summed E-state index contributed by atoms with van der Waals surface area (Å²) in [5.41, 5.74) is 3.29. The molecule has 136 valence electrons. The Labute approximate surface area is 163 Å². The Balaban J connectivity index is 1.56. The van der Waals surface area contributed by atoms with Crippen LogP contribution in [-0.2, 0) is 0 Å². The van der Waals surface area contributed by atoms with Crippen molar-refractivity contribution in [3.05, 3.63) is 109 Å². The molecule has 0 spiro atoms. The maximum atomic E-state index is 12.8. The molecule has 1 aromatic heterocycles. The van der Waals surface area contributed by atoms with Crippen LogP contribution in [0.5, 0.6) is 11.6 Å². The Morgan fingerprint density at radius 3 is 2.39 bits per heavy atom. The third-order valence-corrected chi connectivity index (χ3v) is 4.22. The van der Waals surface area contributed by atoms with Gasteiger partial charge >= 0.3 is 0 Å². The van der Waals surface area contributed by atoms with E-state index in [1.165, 1.54) is 0 Å². The maximum Gasteiger partial charge on any atom is 0.255 e. The number of hydrogen-bond acceptors (Lipinski definition) is 3. The van der Waals surface area contributed by atoms with E-state index in [-0.39, 0.29) is 5.91 Å². The Morgan fingerprint density at radius 1 is 0.786 bits per heavy atom. The smallest absolute Gasteiger partial charge is 0.255 e. The number of anilines is 1. The van der Waals surface area contributed by atoms with Crippen LogP contribution in [0, 0.1) is 0 Å². The molecule has 1 heterocycles. The van der Waals surface area contributed by atoms with Gasteiger partial charge in [0.25, 0.3) is 5.91 Å². The van der Waals surface area contributed by atoms with Gasteiger partial charge in [0.15, 0.2) is 0 Å². The third-order valence-electron chi connectivity index (χ3n) is 4.22. The van der Waals surface area contributed by atoms with Crippen LogP contribution in [0.3, 0.4) is 0 Å². The lowest BCUT2D eigenvalue weighted by Crippen LogP contribution is -2.12. The summed E-state index contributed by atoms with van der Waals surface area (Å²) in [6.07, 6.45) is 1.66. The molecule has 1 N–H and O–H groups in total. The number of aromatic nitrogens is 1. The van der Waals surface area contributed by atoms with Crippen LogP contribution in [0.25, 0.3) is 11.1 Å². The zero-order chi connectivity index (χ0) is 19.2. The second-order valence-corrected chi connectivity index (χ2v) is 6.16. The molecule has 0 bridgehead atoms. The van der Waals surface area contributed by atoms with Gasteiger partial charge in [0, 0.05) is 29.1 Å². The van der Waals surface area contributed by atoms with Crippen molar-refractivity contribution in [3.8, 4) is 22.8 Å². The van der Waals surface area contributed by atoms with Gasteiger partial charge in [-0.2, -0.15) is 0 Å². The molecule has 0 atom stereocenters. The minimum absolute atomic E-state index is 0.199. The first kappa shape index (κ1) is 17.5. The van der Waals surface area contributed by atoms with E-state index < -0.39 is 0 Å². The summed E-state index contributed by atoms with van der Waals surface area (Å²) in [6.45, 7) is 0. The Morgan fingerprint density at radius 2 is 1.57 bits per heavy atom. The minimum atomic E-state index is -0.199. The van der Waals surface area contributed by atoms with Crippen molar-refractivity contribution in [2.75, 3.05) is 5.32 Å². The number of para-hydroxylation sites is 1. The number of benzene rings is 3. The monoisotopic (exact) mass is 366 g/mol. The molecule has 0 aliphatic heterocycles. The van der Waals surface area contributed by atoms with Gasteiger partial charge in [-0.25, -0.2) is 4.98 Å². The lowest BCUT2D eigenvalue weighted by molar-refractivity contribution is 0.102. The van der Waals surface area contributed by atoms with Crippen LogP contribution >= 0.6 is 0 Å². The first-order valence-electron chi connectivity index (χ1n) is 8.94. The van der Waals surface area contributed by atoms with Crippen molar-refractivity contribution in [1.82, 2.24) is 4.98 Å². The maximum absolute atomic E-state index is 12.8. The molecule has 28 heavy (non-hydrogen) atoms. The summed E-state index contributed by atoms with van der Waals surface area (Å²) >= 11 is 0. The third kappa shape index (κ3) is 4.07. The first-order chi connectivity index (χ1) is 13.8. The second kappa shape index (κ2) is 8.18. The molecular weight excluding hydrogens is 348 g/mol. The molecular formula is C24H18N2O2. The van der Waals surface area contributed by atoms with Crippen molar-refractivity contribution in [3.63, 3.8) is 0 Å². The van der Waals surface area contributed by atoms with Crippen LogP contribution in [0.1, 0.15) is 10.4 Å². The molecule has 4 heteroatoms. The largest absolute Gasteiger partial charge is 0.439 e. The molecule has 4 rings (SSSR count). The van der Waals surface area contributed by atoms with Gasteiger partial charge in [0.2, 0.25) is 5.88 Å². The Hall–Kier alpha value is -3.92. The number of nitrogens with one attached hydrogen (secondary N) is 1. The van der Waals surface area contributed by atoms with E-state index in [1.54, 1.807) is 36.5 Å². The van der Waals surface area contributed by atoms with E-state index in [4.69, 9.17) is 4.74 Å². The summed E-state index contributed by atoms with van der Waals surface area (Å²) < 4.78 is 5.72. The summed E-state index contributed by atoms with van der Waals surface area (Å²) in [4.78, 5) is 17.0. The van der Waals surface area contributed by atoms with Gasteiger partial charge < -0.3 is 10.1 Å².